The molecule has 0 aromatic carbocycles. The summed E-state index contributed by atoms with van der Waals surface area (Å²) in [6.45, 7) is 12.7. The Morgan fingerprint density at radius 1 is 0.508 bits per heavy atom. The molecular weight excluding hydrogens is 797 g/mol. The highest BCUT2D eigenvalue weighted by atomic mass is 16.6. The van der Waals surface area contributed by atoms with Crippen LogP contribution in [0.5, 0.6) is 0 Å². The number of esters is 4. The minimum absolute atomic E-state index is 0.0798. The average Bonchev–Trinajstić information content (AvgIpc) is 3.23. The number of aliphatic hydroxyl groups is 1. The largest absolute Gasteiger partial charge is 0.463 e. The van der Waals surface area contributed by atoms with E-state index in [0.29, 0.717) is 45.1 Å². The fraction of sp³-hybridized carbons (Fsp3) is 0.923. The molecule has 0 aromatic rings. The zero-order chi connectivity index (χ0) is 46.8. The number of rotatable bonds is 45. The number of unbranched alkanes of at least 4 members (excludes halogenated alkanes) is 25. The SMILES string of the molecule is CCCCCCCCCCCC(=O)OCC(O)CN(CCCCC(N)C(=O)OC(C)(C)C)CC(COC(=O)CCCCCCCCCCC)OC(=O)CCCCCCCCCCC. The van der Waals surface area contributed by atoms with Crippen molar-refractivity contribution in [3.05, 3.63) is 0 Å². The van der Waals surface area contributed by atoms with Crippen LogP contribution >= 0.6 is 0 Å². The summed E-state index contributed by atoms with van der Waals surface area (Å²) >= 11 is 0. The minimum Gasteiger partial charge on any atom is -0.463 e. The molecular formula is C52H100N2O9. The summed E-state index contributed by atoms with van der Waals surface area (Å²) in [4.78, 5) is 53.1. The molecule has 3 unspecified atom stereocenters. The van der Waals surface area contributed by atoms with E-state index in [9.17, 15) is 24.3 Å². The molecule has 11 heteroatoms. The zero-order valence-electron chi connectivity index (χ0n) is 41.8. The van der Waals surface area contributed by atoms with E-state index in [0.717, 1.165) is 57.8 Å². The van der Waals surface area contributed by atoms with Crippen LogP contribution in [0.1, 0.15) is 253 Å². The second-order valence-electron chi connectivity index (χ2n) is 19.3. The molecule has 0 amide bonds. The predicted molar refractivity (Wildman–Crippen MR) is 257 cm³/mol. The highest BCUT2D eigenvalue weighted by molar-refractivity contribution is 5.75. The lowest BCUT2D eigenvalue weighted by Gasteiger charge is -2.29. The fourth-order valence-electron chi connectivity index (χ4n) is 7.72. The van der Waals surface area contributed by atoms with E-state index >= 15 is 0 Å². The van der Waals surface area contributed by atoms with Gasteiger partial charge in [-0.3, -0.25) is 24.1 Å². The number of nitrogens with two attached hydrogens (primary N) is 1. The lowest BCUT2D eigenvalue weighted by Crippen LogP contribution is -2.43. The summed E-state index contributed by atoms with van der Waals surface area (Å²) < 4.78 is 22.7. The van der Waals surface area contributed by atoms with Crippen molar-refractivity contribution in [2.75, 3.05) is 32.8 Å². The summed E-state index contributed by atoms with van der Waals surface area (Å²) in [7, 11) is 0. The van der Waals surface area contributed by atoms with Crippen LogP contribution in [-0.4, -0.2) is 90.6 Å². The topological polar surface area (TPSA) is 155 Å². The van der Waals surface area contributed by atoms with Gasteiger partial charge >= 0.3 is 23.9 Å². The smallest absolute Gasteiger partial charge is 0.323 e. The summed E-state index contributed by atoms with van der Waals surface area (Å²) in [6, 6.07) is -0.756. The molecule has 0 aliphatic rings. The molecule has 0 aliphatic carbocycles. The van der Waals surface area contributed by atoms with Crippen LogP contribution < -0.4 is 5.73 Å². The third kappa shape index (κ3) is 42.2. The maximum Gasteiger partial charge on any atom is 0.323 e. The number of carbonyl (C=O) groups excluding carboxylic acids is 4. The maximum absolute atomic E-state index is 13.2. The van der Waals surface area contributed by atoms with Crippen molar-refractivity contribution in [3.8, 4) is 0 Å². The van der Waals surface area contributed by atoms with Crippen LogP contribution in [0.2, 0.25) is 0 Å². The fourth-order valence-corrected chi connectivity index (χ4v) is 7.72. The van der Waals surface area contributed by atoms with Crippen LogP contribution in [0.25, 0.3) is 0 Å². The second-order valence-corrected chi connectivity index (χ2v) is 19.3. The van der Waals surface area contributed by atoms with Crippen LogP contribution in [0.3, 0.4) is 0 Å². The lowest BCUT2D eigenvalue weighted by atomic mass is 10.1. The van der Waals surface area contributed by atoms with Gasteiger partial charge < -0.3 is 29.8 Å². The second kappa shape index (κ2) is 42.4. The number of hydrogen-bond donors (Lipinski definition) is 2. The van der Waals surface area contributed by atoms with Gasteiger partial charge in [0.25, 0.3) is 0 Å². The van der Waals surface area contributed by atoms with E-state index < -0.39 is 29.8 Å². The zero-order valence-corrected chi connectivity index (χ0v) is 41.8. The van der Waals surface area contributed by atoms with Crippen molar-refractivity contribution in [1.82, 2.24) is 4.90 Å². The van der Waals surface area contributed by atoms with Crippen molar-refractivity contribution in [3.63, 3.8) is 0 Å². The Labute approximate surface area is 386 Å². The average molecular weight is 897 g/mol. The van der Waals surface area contributed by atoms with Gasteiger partial charge in [0.1, 0.15) is 37.1 Å². The van der Waals surface area contributed by atoms with Gasteiger partial charge in [0.05, 0.1) is 0 Å². The molecule has 372 valence electrons. The molecule has 0 saturated heterocycles. The van der Waals surface area contributed by atoms with Crippen LogP contribution in [-0.2, 0) is 38.1 Å². The van der Waals surface area contributed by atoms with Crippen LogP contribution in [0.15, 0.2) is 0 Å². The Balaban J connectivity index is 5.45. The first-order valence-corrected chi connectivity index (χ1v) is 26.2. The van der Waals surface area contributed by atoms with Crippen LogP contribution in [0, 0.1) is 0 Å². The molecule has 0 bridgehead atoms. The maximum atomic E-state index is 13.2. The molecule has 3 atom stereocenters. The van der Waals surface area contributed by atoms with E-state index in [2.05, 4.69) is 20.8 Å². The molecule has 0 aliphatic heterocycles. The van der Waals surface area contributed by atoms with Crippen molar-refractivity contribution in [1.29, 1.82) is 0 Å². The van der Waals surface area contributed by atoms with Gasteiger partial charge in [0, 0.05) is 32.4 Å². The molecule has 0 radical (unpaired) electrons. The first-order valence-electron chi connectivity index (χ1n) is 26.2. The molecule has 3 N–H and O–H groups in total. The number of hydrogen-bond acceptors (Lipinski definition) is 11. The molecule has 0 spiro atoms. The number of nitrogens with zero attached hydrogens (tertiary/aromatic N) is 1. The van der Waals surface area contributed by atoms with Gasteiger partial charge in [0.2, 0.25) is 0 Å². The molecule has 0 rings (SSSR count). The Kier molecular flexibility index (Phi) is 40.9. The van der Waals surface area contributed by atoms with Gasteiger partial charge in [-0.15, -0.1) is 0 Å². The third-order valence-electron chi connectivity index (χ3n) is 11.5. The normalized spacial score (nSPS) is 13.2. The van der Waals surface area contributed by atoms with Crippen LogP contribution in [0.4, 0.5) is 0 Å². The van der Waals surface area contributed by atoms with Crippen molar-refractivity contribution >= 4 is 23.9 Å². The predicted octanol–water partition coefficient (Wildman–Crippen LogP) is 12.2. The standard InChI is InChI=1S/C52H100N2O9/c1-7-10-13-16-19-22-25-28-31-37-48(56)60-43-45(55)41-54(40-35-34-36-47(53)51(59)63-52(4,5)6)42-46(62-50(58)39-33-30-27-24-21-18-15-12-9-3)44-61-49(57)38-32-29-26-23-20-17-14-11-8-2/h45-47,55H,7-44,53H2,1-6H3. The first-order chi connectivity index (χ1) is 30.3. The van der Waals surface area contributed by atoms with E-state index in [-0.39, 0.29) is 44.2 Å². The van der Waals surface area contributed by atoms with Crippen molar-refractivity contribution in [2.24, 2.45) is 5.73 Å². The Morgan fingerprint density at radius 2 is 0.889 bits per heavy atom. The van der Waals surface area contributed by atoms with Gasteiger partial charge in [-0.05, 0) is 59.4 Å². The Hall–Kier alpha value is -2.24. The highest BCUT2D eigenvalue weighted by Crippen LogP contribution is 2.16. The molecule has 0 heterocycles. The monoisotopic (exact) mass is 897 g/mol. The Bertz CT molecular complexity index is 1100. The van der Waals surface area contributed by atoms with E-state index in [4.69, 9.17) is 24.7 Å². The molecule has 0 fully saturated rings. The molecule has 0 saturated carbocycles. The van der Waals surface area contributed by atoms with Gasteiger partial charge in [-0.1, -0.05) is 181 Å². The summed E-state index contributed by atoms with van der Waals surface area (Å²) in [5.41, 5.74) is 5.53. The summed E-state index contributed by atoms with van der Waals surface area (Å²) in [5.74, 6) is -1.39. The lowest BCUT2D eigenvalue weighted by molar-refractivity contribution is -0.160. The molecule has 63 heavy (non-hydrogen) atoms. The van der Waals surface area contributed by atoms with E-state index in [1.807, 2.05) is 25.7 Å². The van der Waals surface area contributed by atoms with Crippen molar-refractivity contribution in [2.45, 2.75) is 277 Å². The summed E-state index contributed by atoms with van der Waals surface area (Å²) in [6.07, 6.45) is 31.9. The number of ether oxygens (including phenoxy) is 4. The molecule has 11 nitrogen and oxygen atoms in total. The van der Waals surface area contributed by atoms with Crippen molar-refractivity contribution < 1.29 is 43.2 Å². The van der Waals surface area contributed by atoms with Gasteiger partial charge in [-0.25, -0.2) is 0 Å². The summed E-state index contributed by atoms with van der Waals surface area (Å²) in [5, 5.41) is 11.1. The van der Waals surface area contributed by atoms with E-state index in [1.165, 1.54) is 116 Å². The first kappa shape index (κ1) is 60.8. The minimum atomic E-state index is -0.978. The molecule has 0 aromatic heterocycles. The number of aliphatic hydroxyl groups excluding tert-OH is 1. The Morgan fingerprint density at radius 3 is 1.30 bits per heavy atom. The van der Waals surface area contributed by atoms with Gasteiger partial charge in [0.15, 0.2) is 0 Å². The highest BCUT2D eigenvalue weighted by Gasteiger charge is 2.25. The quantitative estimate of drug-likeness (QED) is 0.0341. The number of carbonyl (C=O) groups is 4. The third-order valence-corrected chi connectivity index (χ3v) is 11.5. The van der Waals surface area contributed by atoms with E-state index in [1.54, 1.807) is 0 Å². The van der Waals surface area contributed by atoms with Gasteiger partial charge in [-0.2, -0.15) is 0 Å².